The van der Waals surface area contributed by atoms with Crippen LogP contribution in [-0.4, -0.2) is 37.0 Å². The summed E-state index contributed by atoms with van der Waals surface area (Å²) in [4.78, 5) is 13.9. The third-order valence-electron chi connectivity index (χ3n) is 3.87. The van der Waals surface area contributed by atoms with Crippen LogP contribution >= 0.6 is 11.6 Å². The fraction of sp³-hybridized carbons (Fsp3) is 0.533. The second kappa shape index (κ2) is 6.62. The van der Waals surface area contributed by atoms with Gasteiger partial charge in [-0.2, -0.15) is 0 Å². The van der Waals surface area contributed by atoms with E-state index in [0.29, 0.717) is 18.8 Å². The minimum Gasteiger partial charge on any atom is -0.491 e. The molecule has 2 N–H and O–H groups in total. The van der Waals surface area contributed by atoms with Crippen LogP contribution in [-0.2, 0) is 4.79 Å². The molecule has 0 bridgehead atoms. The Morgan fingerprint density at radius 3 is 2.95 bits per heavy atom. The minimum absolute atomic E-state index is 0.0246. The van der Waals surface area contributed by atoms with E-state index in [0.717, 1.165) is 13.0 Å². The molecule has 2 rings (SSSR count). The molecule has 116 valence electrons. The van der Waals surface area contributed by atoms with Crippen LogP contribution in [0.4, 0.5) is 4.39 Å². The maximum absolute atomic E-state index is 12.9. The third kappa shape index (κ3) is 4.08. The molecule has 1 fully saturated rings. The number of nitrogens with zero attached hydrogens (tertiary/aromatic N) is 1. The molecule has 0 aliphatic carbocycles. The van der Waals surface area contributed by atoms with Gasteiger partial charge < -0.3 is 15.4 Å². The zero-order chi connectivity index (χ0) is 15.5. The molecule has 1 amide bonds. The van der Waals surface area contributed by atoms with Gasteiger partial charge in [-0.05, 0) is 36.6 Å². The van der Waals surface area contributed by atoms with Crippen LogP contribution in [0.15, 0.2) is 18.2 Å². The zero-order valence-corrected chi connectivity index (χ0v) is 12.8. The topological polar surface area (TPSA) is 55.6 Å². The summed E-state index contributed by atoms with van der Waals surface area (Å²) < 4.78 is 18.3. The zero-order valence-electron chi connectivity index (χ0n) is 12.1. The number of nitrogens with two attached hydrogens (primary N) is 1. The minimum atomic E-state index is -0.415. The van der Waals surface area contributed by atoms with E-state index in [-0.39, 0.29) is 29.4 Å². The smallest absolute Gasteiger partial charge is 0.226 e. The van der Waals surface area contributed by atoms with Gasteiger partial charge in [-0.3, -0.25) is 4.79 Å². The second-order valence-corrected chi connectivity index (χ2v) is 6.16. The summed E-state index contributed by atoms with van der Waals surface area (Å²) in [6.45, 7) is 4.33. The molecular weight excluding hydrogens is 295 g/mol. The van der Waals surface area contributed by atoms with Crippen molar-refractivity contribution in [3.63, 3.8) is 0 Å². The lowest BCUT2D eigenvalue weighted by molar-refractivity contribution is -0.131. The van der Waals surface area contributed by atoms with E-state index in [1.165, 1.54) is 18.2 Å². The van der Waals surface area contributed by atoms with Crippen LogP contribution in [0.25, 0.3) is 0 Å². The van der Waals surface area contributed by atoms with Gasteiger partial charge in [0.05, 0.1) is 18.1 Å². The molecule has 1 aromatic rings. The van der Waals surface area contributed by atoms with Crippen molar-refractivity contribution in [2.45, 2.75) is 19.8 Å². The van der Waals surface area contributed by atoms with Gasteiger partial charge in [0.15, 0.2) is 0 Å². The molecule has 6 heteroatoms. The summed E-state index contributed by atoms with van der Waals surface area (Å²) in [7, 11) is 0. The SMILES string of the molecule is CC1(CN)CCN(C(=O)CCOc2ccc(F)cc2Cl)C1. The highest BCUT2D eigenvalue weighted by Gasteiger charge is 2.34. The van der Waals surface area contributed by atoms with Gasteiger partial charge in [-0.25, -0.2) is 4.39 Å². The van der Waals surface area contributed by atoms with Crippen molar-refractivity contribution in [3.05, 3.63) is 29.0 Å². The quantitative estimate of drug-likeness (QED) is 0.908. The number of carbonyl (C=O) groups is 1. The number of ether oxygens (including phenoxy) is 1. The summed E-state index contributed by atoms with van der Waals surface area (Å²) in [5.41, 5.74) is 5.75. The Balaban J connectivity index is 1.80. The first-order valence-electron chi connectivity index (χ1n) is 6.99. The fourth-order valence-electron chi connectivity index (χ4n) is 2.40. The van der Waals surface area contributed by atoms with Gasteiger partial charge in [0, 0.05) is 13.1 Å². The van der Waals surface area contributed by atoms with Crippen LogP contribution < -0.4 is 10.5 Å². The number of halogens is 2. The Morgan fingerprint density at radius 2 is 2.33 bits per heavy atom. The molecule has 1 aliphatic rings. The molecule has 1 unspecified atom stereocenters. The first-order valence-corrected chi connectivity index (χ1v) is 7.37. The summed E-state index contributed by atoms with van der Waals surface area (Å²) >= 11 is 5.85. The molecule has 0 aromatic heterocycles. The Kier molecular flexibility index (Phi) is 5.06. The highest BCUT2D eigenvalue weighted by atomic mass is 35.5. The van der Waals surface area contributed by atoms with Crippen molar-refractivity contribution in [3.8, 4) is 5.75 Å². The number of likely N-dealkylation sites (tertiary alicyclic amines) is 1. The lowest BCUT2D eigenvalue weighted by Gasteiger charge is -2.22. The van der Waals surface area contributed by atoms with Crippen LogP contribution in [0.2, 0.25) is 5.02 Å². The maximum atomic E-state index is 12.9. The molecule has 0 saturated carbocycles. The lowest BCUT2D eigenvalue weighted by atomic mass is 9.90. The summed E-state index contributed by atoms with van der Waals surface area (Å²) in [5.74, 6) is 0.0195. The highest BCUT2D eigenvalue weighted by molar-refractivity contribution is 6.32. The molecule has 1 aliphatic heterocycles. The molecule has 0 radical (unpaired) electrons. The number of hydrogen-bond donors (Lipinski definition) is 1. The normalized spacial score (nSPS) is 21.6. The van der Waals surface area contributed by atoms with Gasteiger partial charge in [-0.1, -0.05) is 18.5 Å². The van der Waals surface area contributed by atoms with Crippen LogP contribution in [0.5, 0.6) is 5.75 Å². The Hall–Kier alpha value is -1.33. The summed E-state index contributed by atoms with van der Waals surface area (Å²) in [6, 6.07) is 3.92. The van der Waals surface area contributed by atoms with E-state index in [1.54, 1.807) is 0 Å². The first-order chi connectivity index (χ1) is 9.93. The van der Waals surface area contributed by atoms with E-state index in [2.05, 4.69) is 6.92 Å². The van der Waals surface area contributed by atoms with Crippen molar-refractivity contribution >= 4 is 17.5 Å². The van der Waals surface area contributed by atoms with Gasteiger partial charge in [0.1, 0.15) is 11.6 Å². The van der Waals surface area contributed by atoms with Crippen LogP contribution in [0.1, 0.15) is 19.8 Å². The summed E-state index contributed by atoms with van der Waals surface area (Å²) in [5, 5.41) is 0.208. The Morgan fingerprint density at radius 1 is 1.57 bits per heavy atom. The van der Waals surface area contributed by atoms with E-state index < -0.39 is 5.82 Å². The predicted molar refractivity (Wildman–Crippen MR) is 79.9 cm³/mol. The van der Waals surface area contributed by atoms with Crippen molar-refractivity contribution < 1.29 is 13.9 Å². The van der Waals surface area contributed by atoms with Crippen LogP contribution in [0.3, 0.4) is 0 Å². The number of rotatable bonds is 5. The van der Waals surface area contributed by atoms with Crippen molar-refractivity contribution in [1.82, 2.24) is 4.90 Å². The molecule has 21 heavy (non-hydrogen) atoms. The van der Waals surface area contributed by atoms with Crippen molar-refractivity contribution in [2.24, 2.45) is 11.1 Å². The standard InChI is InChI=1S/C15H20ClFN2O2/c1-15(9-18)5-6-19(10-15)14(20)4-7-21-13-3-2-11(17)8-12(13)16/h2-3,8H,4-7,9-10,18H2,1H3. The molecule has 1 saturated heterocycles. The average molecular weight is 315 g/mol. The molecule has 1 aromatic carbocycles. The monoisotopic (exact) mass is 314 g/mol. The maximum Gasteiger partial charge on any atom is 0.226 e. The van der Waals surface area contributed by atoms with Crippen molar-refractivity contribution in [2.75, 3.05) is 26.2 Å². The van der Waals surface area contributed by atoms with Gasteiger partial charge in [0.2, 0.25) is 5.91 Å². The average Bonchev–Trinajstić information content (AvgIpc) is 2.85. The molecule has 0 spiro atoms. The highest BCUT2D eigenvalue weighted by Crippen LogP contribution is 2.29. The van der Waals surface area contributed by atoms with Crippen LogP contribution in [0, 0.1) is 11.2 Å². The molecular formula is C15H20ClFN2O2. The van der Waals surface area contributed by atoms with Gasteiger partial charge in [0.25, 0.3) is 0 Å². The summed E-state index contributed by atoms with van der Waals surface area (Å²) in [6.07, 6.45) is 1.20. The predicted octanol–water partition coefficient (Wildman–Crippen LogP) is 2.45. The number of hydrogen-bond acceptors (Lipinski definition) is 3. The first kappa shape index (κ1) is 16.0. The van der Waals surface area contributed by atoms with E-state index in [4.69, 9.17) is 22.1 Å². The lowest BCUT2D eigenvalue weighted by Crippen LogP contribution is -2.35. The number of benzene rings is 1. The van der Waals surface area contributed by atoms with E-state index in [1.807, 2.05) is 4.90 Å². The van der Waals surface area contributed by atoms with E-state index >= 15 is 0 Å². The van der Waals surface area contributed by atoms with E-state index in [9.17, 15) is 9.18 Å². The Bertz CT molecular complexity index is 526. The van der Waals surface area contributed by atoms with Crippen molar-refractivity contribution in [1.29, 1.82) is 0 Å². The third-order valence-corrected chi connectivity index (χ3v) is 4.17. The molecule has 4 nitrogen and oxygen atoms in total. The molecule has 1 heterocycles. The Labute approximate surface area is 129 Å². The number of amides is 1. The number of carbonyl (C=O) groups excluding carboxylic acids is 1. The molecule has 1 atom stereocenters. The largest absolute Gasteiger partial charge is 0.491 e. The van der Waals surface area contributed by atoms with Gasteiger partial charge >= 0.3 is 0 Å². The second-order valence-electron chi connectivity index (χ2n) is 5.75. The fourth-order valence-corrected chi connectivity index (χ4v) is 2.62. The van der Waals surface area contributed by atoms with Gasteiger partial charge in [-0.15, -0.1) is 0 Å².